The Bertz CT molecular complexity index is 818. The van der Waals surface area contributed by atoms with Crippen LogP contribution in [-0.2, 0) is 4.74 Å². The summed E-state index contributed by atoms with van der Waals surface area (Å²) in [6.07, 6.45) is 3.93. The van der Waals surface area contributed by atoms with Gasteiger partial charge in [-0.1, -0.05) is 23.9 Å². The largest absolute Gasteiger partial charge is 0.490 e. The summed E-state index contributed by atoms with van der Waals surface area (Å²) in [6, 6.07) is 6.40. The van der Waals surface area contributed by atoms with Gasteiger partial charge in [0, 0.05) is 35.6 Å². The normalized spacial score (nSPS) is 12.0. The van der Waals surface area contributed by atoms with Crippen molar-refractivity contribution in [3.05, 3.63) is 57.6 Å². The molecule has 0 bridgehead atoms. The van der Waals surface area contributed by atoms with Crippen molar-refractivity contribution in [1.29, 1.82) is 0 Å². The quantitative estimate of drug-likeness (QED) is 0.382. The zero-order valence-corrected chi connectivity index (χ0v) is 15.2. The minimum atomic E-state index is -0.425. The number of nitrogens with zero attached hydrogens (tertiary/aromatic N) is 2. The van der Waals surface area contributed by atoms with Gasteiger partial charge in [0.05, 0.1) is 22.7 Å². The highest BCUT2D eigenvalue weighted by Gasteiger charge is 2.14. The van der Waals surface area contributed by atoms with Crippen molar-refractivity contribution in [2.75, 3.05) is 20.3 Å². The zero-order valence-electron chi connectivity index (χ0n) is 14.4. The Balaban J connectivity index is 2.54. The molecular weight excluding hydrogens is 340 g/mol. The number of pyridine rings is 1. The van der Waals surface area contributed by atoms with Crippen LogP contribution in [-0.4, -0.2) is 30.2 Å². The van der Waals surface area contributed by atoms with E-state index in [9.17, 15) is 10.1 Å². The number of hydrogen-bond donors (Lipinski definition) is 0. The predicted molar refractivity (Wildman–Crippen MR) is 102 cm³/mol. The van der Waals surface area contributed by atoms with E-state index in [-0.39, 0.29) is 5.69 Å². The van der Waals surface area contributed by atoms with Crippen LogP contribution in [0.5, 0.6) is 5.75 Å². The fourth-order valence-corrected chi connectivity index (χ4v) is 2.84. The molecule has 0 radical (unpaired) electrons. The number of aromatic nitrogens is 1. The second kappa shape index (κ2) is 9.19. The standard InChI is InChI=1S/C18H20N2O4S/c1-4-10-25-18(5-2)16-12-17(24-9-8-23-3)14-11-13(20(21)22)6-7-15(14)19-16/h4-7,10-12H,8-9H2,1-3H3/b10-4-,18-5-. The van der Waals surface area contributed by atoms with Crippen LogP contribution in [0.4, 0.5) is 5.69 Å². The molecule has 0 saturated heterocycles. The van der Waals surface area contributed by atoms with Crippen LogP contribution < -0.4 is 4.74 Å². The number of thioether (sulfide) groups is 1. The molecule has 1 heterocycles. The number of fused-ring (bicyclic) bond motifs is 1. The van der Waals surface area contributed by atoms with Gasteiger partial charge in [0.1, 0.15) is 12.4 Å². The smallest absolute Gasteiger partial charge is 0.270 e. The third kappa shape index (κ3) is 4.80. The number of rotatable bonds is 8. The third-order valence-electron chi connectivity index (χ3n) is 3.36. The highest BCUT2D eigenvalue weighted by atomic mass is 32.2. The first-order valence-corrected chi connectivity index (χ1v) is 8.64. The average Bonchev–Trinajstić information content (AvgIpc) is 2.62. The van der Waals surface area contributed by atoms with Crippen LogP contribution in [0.3, 0.4) is 0 Å². The van der Waals surface area contributed by atoms with Gasteiger partial charge >= 0.3 is 0 Å². The predicted octanol–water partition coefficient (Wildman–Crippen LogP) is 4.80. The summed E-state index contributed by atoms with van der Waals surface area (Å²) in [5, 5.41) is 13.6. The van der Waals surface area contributed by atoms with E-state index in [0.29, 0.717) is 29.9 Å². The van der Waals surface area contributed by atoms with E-state index < -0.39 is 4.92 Å². The Kier molecular flexibility index (Phi) is 6.97. The maximum absolute atomic E-state index is 11.1. The second-order valence-electron chi connectivity index (χ2n) is 5.05. The number of non-ortho nitro benzene ring substituents is 1. The van der Waals surface area contributed by atoms with Gasteiger partial charge in [-0.15, -0.1) is 0 Å². The van der Waals surface area contributed by atoms with E-state index in [0.717, 1.165) is 10.6 Å². The van der Waals surface area contributed by atoms with Crippen LogP contribution in [0, 0.1) is 10.1 Å². The number of methoxy groups -OCH3 is 1. The summed E-state index contributed by atoms with van der Waals surface area (Å²) in [4.78, 5) is 16.2. The first kappa shape index (κ1) is 19.0. The van der Waals surface area contributed by atoms with E-state index >= 15 is 0 Å². The molecule has 25 heavy (non-hydrogen) atoms. The summed E-state index contributed by atoms with van der Waals surface area (Å²) in [5.41, 5.74) is 1.42. The Morgan fingerprint density at radius 3 is 2.76 bits per heavy atom. The fraction of sp³-hybridized carbons (Fsp3) is 0.278. The molecular formula is C18H20N2O4S. The summed E-state index contributed by atoms with van der Waals surface area (Å²) in [6.45, 7) is 4.67. The Morgan fingerprint density at radius 1 is 1.32 bits per heavy atom. The van der Waals surface area contributed by atoms with E-state index in [1.54, 1.807) is 24.9 Å². The van der Waals surface area contributed by atoms with Crippen LogP contribution in [0.1, 0.15) is 19.5 Å². The number of ether oxygens (including phenoxy) is 2. The Hall–Kier alpha value is -2.38. The SMILES string of the molecule is C/C=C\S/C(=C\C)c1cc(OCCOC)c2cc([N+](=O)[O-])ccc2n1. The minimum Gasteiger partial charge on any atom is -0.490 e. The molecule has 6 nitrogen and oxygen atoms in total. The van der Waals surface area contributed by atoms with Crippen LogP contribution >= 0.6 is 11.8 Å². The summed E-state index contributed by atoms with van der Waals surface area (Å²) in [5.74, 6) is 0.557. The lowest BCUT2D eigenvalue weighted by atomic mass is 10.1. The highest BCUT2D eigenvalue weighted by Crippen LogP contribution is 2.34. The molecule has 0 spiro atoms. The topological polar surface area (TPSA) is 74.5 Å². The number of hydrogen-bond acceptors (Lipinski definition) is 6. The molecule has 2 rings (SSSR count). The molecule has 0 aliphatic heterocycles. The summed E-state index contributed by atoms with van der Waals surface area (Å²) >= 11 is 1.56. The Morgan fingerprint density at radius 2 is 2.12 bits per heavy atom. The van der Waals surface area contributed by atoms with Gasteiger partial charge in [0.15, 0.2) is 0 Å². The first-order valence-electron chi connectivity index (χ1n) is 7.76. The maximum atomic E-state index is 11.1. The van der Waals surface area contributed by atoms with Crippen molar-refractivity contribution in [2.45, 2.75) is 13.8 Å². The fourth-order valence-electron chi connectivity index (χ4n) is 2.19. The lowest BCUT2D eigenvalue weighted by molar-refractivity contribution is -0.384. The van der Waals surface area contributed by atoms with Crippen LogP contribution in [0.25, 0.3) is 15.8 Å². The van der Waals surface area contributed by atoms with Crippen molar-refractivity contribution in [1.82, 2.24) is 4.98 Å². The number of nitro benzene ring substituents is 1. The monoisotopic (exact) mass is 360 g/mol. The second-order valence-corrected chi connectivity index (χ2v) is 5.99. The molecule has 0 amide bonds. The van der Waals surface area contributed by atoms with E-state index in [1.165, 1.54) is 12.1 Å². The molecule has 0 aliphatic rings. The Labute approximate surface area is 150 Å². The molecule has 0 atom stereocenters. The van der Waals surface area contributed by atoms with Gasteiger partial charge in [0.25, 0.3) is 5.69 Å². The third-order valence-corrected chi connectivity index (χ3v) is 4.46. The van der Waals surface area contributed by atoms with Crippen LogP contribution in [0.15, 0.2) is 41.8 Å². The molecule has 0 aliphatic carbocycles. The van der Waals surface area contributed by atoms with Gasteiger partial charge in [0.2, 0.25) is 0 Å². The molecule has 0 unspecified atom stereocenters. The van der Waals surface area contributed by atoms with Crippen molar-refractivity contribution in [3.63, 3.8) is 0 Å². The van der Waals surface area contributed by atoms with Crippen molar-refractivity contribution in [3.8, 4) is 5.75 Å². The van der Waals surface area contributed by atoms with Gasteiger partial charge in [-0.05, 0) is 25.3 Å². The van der Waals surface area contributed by atoms with Gasteiger partial charge < -0.3 is 9.47 Å². The highest BCUT2D eigenvalue weighted by molar-refractivity contribution is 8.10. The molecule has 0 saturated carbocycles. The average molecular weight is 360 g/mol. The number of nitro groups is 1. The van der Waals surface area contributed by atoms with Gasteiger partial charge in [-0.2, -0.15) is 0 Å². The lowest BCUT2D eigenvalue weighted by Gasteiger charge is -2.12. The molecule has 0 fully saturated rings. The molecule has 7 heteroatoms. The van der Waals surface area contributed by atoms with Gasteiger partial charge in [-0.25, -0.2) is 4.98 Å². The van der Waals surface area contributed by atoms with E-state index in [4.69, 9.17) is 9.47 Å². The first-order chi connectivity index (χ1) is 12.1. The van der Waals surface area contributed by atoms with Gasteiger partial charge in [-0.3, -0.25) is 10.1 Å². The van der Waals surface area contributed by atoms with E-state index in [1.807, 2.05) is 37.5 Å². The molecule has 132 valence electrons. The lowest BCUT2D eigenvalue weighted by Crippen LogP contribution is -2.05. The van der Waals surface area contributed by atoms with E-state index in [2.05, 4.69) is 4.98 Å². The summed E-state index contributed by atoms with van der Waals surface area (Å²) < 4.78 is 10.8. The molecule has 2 aromatic rings. The number of benzene rings is 1. The van der Waals surface area contributed by atoms with Crippen molar-refractivity contribution >= 4 is 33.3 Å². The van der Waals surface area contributed by atoms with Crippen LogP contribution in [0.2, 0.25) is 0 Å². The zero-order chi connectivity index (χ0) is 18.2. The molecule has 1 aromatic carbocycles. The molecule has 0 N–H and O–H groups in total. The molecule has 1 aromatic heterocycles. The number of allylic oxidation sites excluding steroid dienone is 2. The van der Waals surface area contributed by atoms with Crippen molar-refractivity contribution < 1.29 is 14.4 Å². The maximum Gasteiger partial charge on any atom is 0.270 e. The minimum absolute atomic E-state index is 0.00758. The summed E-state index contributed by atoms with van der Waals surface area (Å²) in [7, 11) is 1.59. The van der Waals surface area contributed by atoms with Crippen molar-refractivity contribution in [2.24, 2.45) is 0 Å².